The zero-order valence-electron chi connectivity index (χ0n) is 24.3. The van der Waals surface area contributed by atoms with Crippen LogP contribution < -0.4 is 5.32 Å². The molecule has 0 aliphatic carbocycles. The molecular weight excluding hydrogens is 602 g/mol. The van der Waals surface area contributed by atoms with Crippen molar-refractivity contribution in [3.05, 3.63) is 24.7 Å². The maximum absolute atomic E-state index is 15.9. The molecule has 12 nitrogen and oxygen atoms in total. The summed E-state index contributed by atoms with van der Waals surface area (Å²) in [5.74, 6) is -3.45. The fraction of sp³-hybridized carbons (Fsp3) is 0.720. The van der Waals surface area contributed by atoms with Gasteiger partial charge in [0.2, 0.25) is 0 Å². The molecule has 2 rings (SSSR count). The Bertz CT molecular complexity index is 1050. The van der Waals surface area contributed by atoms with Crippen LogP contribution in [0.4, 0.5) is 4.39 Å². The normalized spacial score (nSPS) is 27.3. The summed E-state index contributed by atoms with van der Waals surface area (Å²) in [6.07, 6.45) is -1.47. The van der Waals surface area contributed by atoms with Gasteiger partial charge in [-0.2, -0.15) is 0 Å². The predicted molar refractivity (Wildman–Crippen MR) is 153 cm³/mol. The Balaban J connectivity index is 2.12. The maximum Gasteiger partial charge on any atom is 0.475 e. The average Bonchev–Trinajstić information content (AvgIpc) is 3.02. The molecule has 0 saturated carbocycles. The van der Waals surface area contributed by atoms with Crippen LogP contribution in [0.15, 0.2) is 24.7 Å². The second kappa shape index (κ2) is 13.6. The first-order chi connectivity index (χ1) is 18.6. The fourth-order valence-corrected chi connectivity index (χ4v) is 6.38. The lowest BCUT2D eigenvalue weighted by Gasteiger charge is -2.36. The highest BCUT2D eigenvalue weighted by Crippen LogP contribution is 2.52. The molecule has 1 amide bonds. The van der Waals surface area contributed by atoms with Crippen LogP contribution in [0.25, 0.3) is 0 Å². The van der Waals surface area contributed by atoms with Crippen molar-refractivity contribution in [1.82, 2.24) is 10.2 Å². The van der Waals surface area contributed by atoms with Gasteiger partial charge in [-0.05, 0) is 6.92 Å². The molecule has 1 saturated heterocycles. The lowest BCUT2D eigenvalue weighted by molar-refractivity contribution is -0.208. The van der Waals surface area contributed by atoms with Gasteiger partial charge >= 0.3 is 7.82 Å². The third-order valence-corrected chi connectivity index (χ3v) is 9.70. The van der Waals surface area contributed by atoms with E-state index in [2.05, 4.69) is 11.9 Å². The number of aliphatic hydroxyl groups is 2. The predicted octanol–water partition coefficient (Wildman–Crippen LogP) is 3.31. The largest absolute Gasteiger partial charge is 0.475 e. The van der Waals surface area contributed by atoms with Crippen LogP contribution in [-0.2, 0) is 37.3 Å². The Morgan fingerprint density at radius 3 is 2.05 bits per heavy atom. The summed E-state index contributed by atoms with van der Waals surface area (Å²) in [5.41, 5.74) is -3.47. The van der Waals surface area contributed by atoms with Gasteiger partial charge in [0.05, 0.1) is 13.2 Å². The van der Waals surface area contributed by atoms with Crippen LogP contribution in [0.2, 0.25) is 0 Å². The molecule has 41 heavy (non-hydrogen) atoms. The van der Waals surface area contributed by atoms with E-state index in [1.165, 1.54) is 6.20 Å². The van der Waals surface area contributed by atoms with Crippen molar-refractivity contribution in [3.63, 3.8) is 0 Å². The van der Waals surface area contributed by atoms with E-state index in [-0.39, 0.29) is 40.8 Å². The number of rotatable bonds is 12. The summed E-state index contributed by atoms with van der Waals surface area (Å²) in [7, 11) is -4.52. The Morgan fingerprint density at radius 1 is 1.12 bits per heavy atom. The van der Waals surface area contributed by atoms with E-state index >= 15 is 4.39 Å². The molecule has 0 aromatic rings. The first-order valence-electron chi connectivity index (χ1n) is 12.7. The molecule has 3 N–H and O–H groups in total. The number of aliphatic hydroxyl groups excluding tert-OH is 1. The molecule has 0 bridgehead atoms. The number of amides is 1. The second-order valence-corrected chi connectivity index (χ2v) is 15.5. The van der Waals surface area contributed by atoms with E-state index in [0.29, 0.717) is 0 Å². The summed E-state index contributed by atoms with van der Waals surface area (Å²) in [5, 5.41) is 23.7. The summed E-state index contributed by atoms with van der Waals surface area (Å²) in [4.78, 5) is 37.0. The van der Waals surface area contributed by atoms with Gasteiger partial charge in [-0.25, -0.2) is 8.96 Å². The summed E-state index contributed by atoms with van der Waals surface area (Å²) in [6, 6.07) is 0. The highest BCUT2D eigenvalue weighted by molar-refractivity contribution is 8.14. The van der Waals surface area contributed by atoms with Crippen LogP contribution in [-0.4, -0.2) is 86.4 Å². The number of halogens is 1. The Kier molecular flexibility index (Phi) is 11.9. The minimum absolute atomic E-state index is 0.0397. The minimum atomic E-state index is -4.52. The highest BCUT2D eigenvalue weighted by Gasteiger charge is 2.64. The molecule has 2 heterocycles. The molecule has 0 unspecified atom stereocenters. The molecule has 16 heteroatoms. The fourth-order valence-electron chi connectivity index (χ4n) is 3.38. The molecule has 0 aromatic heterocycles. The van der Waals surface area contributed by atoms with E-state index in [0.717, 1.165) is 41.4 Å². The highest BCUT2D eigenvalue weighted by atomic mass is 32.2. The summed E-state index contributed by atoms with van der Waals surface area (Å²) < 4.78 is 50.6. The van der Waals surface area contributed by atoms with Crippen molar-refractivity contribution in [1.29, 1.82) is 0 Å². The number of carbonyl (C=O) groups is 3. The van der Waals surface area contributed by atoms with Gasteiger partial charge < -0.3 is 25.2 Å². The number of phosphoric ester groups is 1. The van der Waals surface area contributed by atoms with Crippen LogP contribution >= 0.6 is 31.3 Å². The van der Waals surface area contributed by atoms with Crippen molar-refractivity contribution in [3.8, 4) is 0 Å². The van der Waals surface area contributed by atoms with Gasteiger partial charge in [-0.1, -0.05) is 71.6 Å². The summed E-state index contributed by atoms with van der Waals surface area (Å²) in [6.45, 7) is 13.5. The Labute approximate surface area is 248 Å². The third-order valence-electron chi connectivity index (χ3n) is 5.76. The van der Waals surface area contributed by atoms with E-state index < -0.39 is 55.0 Å². The first-order valence-corrected chi connectivity index (χ1v) is 16.2. The Morgan fingerprint density at radius 2 is 1.61 bits per heavy atom. The summed E-state index contributed by atoms with van der Waals surface area (Å²) >= 11 is 1.90. The SMILES string of the molecule is C=C1NC(=O)C=CN1[C@@H]1O[C@](F)(COP(=O)(OCCSC(=O)C(C)(C)C)OCCSC(=O)C(C)(C)C)[C@@H](O)[C@@]1(C)O. The monoisotopic (exact) mass is 642 g/mol. The van der Waals surface area contributed by atoms with E-state index in [1.807, 2.05) is 0 Å². The van der Waals surface area contributed by atoms with Crippen molar-refractivity contribution < 1.29 is 51.9 Å². The quantitative estimate of drug-likeness (QED) is 0.210. The number of hydrogen-bond acceptors (Lipinski definition) is 13. The van der Waals surface area contributed by atoms with Crippen molar-refractivity contribution in [2.75, 3.05) is 31.3 Å². The number of thioether (sulfide) groups is 2. The van der Waals surface area contributed by atoms with Gasteiger partial charge in [-0.15, -0.1) is 0 Å². The van der Waals surface area contributed by atoms with Crippen LogP contribution in [0.3, 0.4) is 0 Å². The zero-order chi connectivity index (χ0) is 31.4. The number of ether oxygens (including phenoxy) is 1. The standard InChI is InChI=1S/C25H40FN2O10PS2/c1-16-27-17(29)9-10-28(16)19-24(8,33)18(30)25(26,38-19)15-37-39(34,35-11-13-40-20(31)22(2,3)4)36-12-14-41-21(32)23(5,6)7/h9-10,18-19,30,33H,1,11-15H2,2-8H3,(H,27,29)/t18-,19+,24+,25+/m0/s1. The number of nitrogens with one attached hydrogen (secondary N) is 1. The third kappa shape index (κ3) is 9.60. The lowest BCUT2D eigenvalue weighted by Crippen LogP contribution is -2.54. The minimum Gasteiger partial charge on any atom is -0.384 e. The maximum atomic E-state index is 15.9. The van der Waals surface area contributed by atoms with Crippen molar-refractivity contribution >= 4 is 47.5 Å². The first kappa shape index (κ1) is 35.9. The molecule has 2 aliphatic rings. The second-order valence-electron chi connectivity index (χ2n) is 11.7. The lowest BCUT2D eigenvalue weighted by atomic mass is 9.95. The van der Waals surface area contributed by atoms with Gasteiger partial charge in [-0.3, -0.25) is 28.0 Å². The smallest absolute Gasteiger partial charge is 0.384 e. The van der Waals surface area contributed by atoms with Crippen molar-refractivity contribution in [2.45, 2.75) is 72.3 Å². The Hall–Kier alpha value is -1.29. The molecule has 0 spiro atoms. The van der Waals surface area contributed by atoms with Gasteiger partial charge in [0, 0.05) is 34.6 Å². The van der Waals surface area contributed by atoms with Gasteiger partial charge in [0.15, 0.2) is 16.5 Å². The van der Waals surface area contributed by atoms with Crippen molar-refractivity contribution in [2.24, 2.45) is 10.8 Å². The number of nitrogens with zero attached hydrogens (tertiary/aromatic N) is 1. The average molecular weight is 643 g/mol. The van der Waals surface area contributed by atoms with Crippen LogP contribution in [0.5, 0.6) is 0 Å². The molecule has 234 valence electrons. The number of hydrogen-bond donors (Lipinski definition) is 3. The number of alkyl halides is 1. The molecule has 0 aromatic carbocycles. The van der Waals surface area contributed by atoms with E-state index in [1.54, 1.807) is 41.5 Å². The van der Waals surface area contributed by atoms with Crippen LogP contribution in [0.1, 0.15) is 48.5 Å². The van der Waals surface area contributed by atoms with E-state index in [4.69, 9.17) is 18.3 Å². The number of carbonyl (C=O) groups excluding carboxylic acids is 3. The van der Waals surface area contributed by atoms with Crippen LogP contribution in [0, 0.1) is 10.8 Å². The number of phosphoric acid groups is 1. The zero-order valence-corrected chi connectivity index (χ0v) is 26.8. The van der Waals surface area contributed by atoms with E-state index in [9.17, 15) is 29.2 Å². The molecule has 4 atom stereocenters. The topological polar surface area (TPSA) is 161 Å². The van der Waals surface area contributed by atoms with Gasteiger partial charge in [0.25, 0.3) is 11.8 Å². The molecule has 0 radical (unpaired) electrons. The molecule has 1 fully saturated rings. The molecule has 2 aliphatic heterocycles. The molecular formula is C25H40FN2O10PS2. The van der Waals surface area contributed by atoms with Gasteiger partial charge in [0.1, 0.15) is 24.1 Å².